The predicted octanol–water partition coefficient (Wildman–Crippen LogP) is 4.09. The number of rotatable bonds is 5. The van der Waals surface area contributed by atoms with Crippen molar-refractivity contribution < 1.29 is 14.3 Å². The Bertz CT molecular complexity index is 664. The molecule has 2 unspecified atom stereocenters. The van der Waals surface area contributed by atoms with Gasteiger partial charge in [0.2, 0.25) is 0 Å². The molecule has 0 spiro atoms. The first-order valence-electron chi connectivity index (χ1n) is 8.91. The zero-order valence-corrected chi connectivity index (χ0v) is 15.1. The van der Waals surface area contributed by atoms with Gasteiger partial charge in [-0.25, -0.2) is 0 Å². The molecule has 0 radical (unpaired) electrons. The van der Waals surface area contributed by atoms with Crippen molar-refractivity contribution in [3.05, 3.63) is 29.8 Å². The number of anilines is 1. The van der Waals surface area contributed by atoms with Gasteiger partial charge in [-0.2, -0.15) is 0 Å². The Morgan fingerprint density at radius 1 is 1.17 bits per heavy atom. The van der Waals surface area contributed by atoms with E-state index in [9.17, 15) is 9.59 Å². The lowest BCUT2D eigenvalue weighted by Crippen LogP contribution is -2.50. The van der Waals surface area contributed by atoms with Gasteiger partial charge < -0.3 is 10.1 Å². The molecule has 2 fully saturated rings. The Morgan fingerprint density at radius 3 is 2.33 bits per heavy atom. The van der Waals surface area contributed by atoms with Crippen LogP contribution in [0.4, 0.5) is 5.69 Å². The average Bonchev–Trinajstić information content (AvgIpc) is 2.84. The first-order valence-corrected chi connectivity index (χ1v) is 8.91. The number of ether oxygens (including phenoxy) is 1. The molecule has 1 amide bonds. The molecule has 1 saturated heterocycles. The highest BCUT2D eigenvalue weighted by Crippen LogP contribution is 2.65. The Morgan fingerprint density at radius 2 is 1.83 bits per heavy atom. The topological polar surface area (TPSA) is 55.4 Å². The second-order valence-electron chi connectivity index (χ2n) is 7.93. The number of carbonyl (C=O) groups excluding carboxylic acids is 2. The van der Waals surface area contributed by atoms with Crippen LogP contribution in [0.15, 0.2) is 24.3 Å². The lowest BCUT2D eigenvalue weighted by Gasteiger charge is -2.35. The van der Waals surface area contributed by atoms with Crippen LogP contribution < -0.4 is 5.32 Å². The van der Waals surface area contributed by atoms with Gasteiger partial charge in [-0.3, -0.25) is 9.59 Å². The third kappa shape index (κ3) is 2.19. The number of carbonyl (C=O) groups is 2. The monoisotopic (exact) mass is 329 g/mol. The van der Waals surface area contributed by atoms with Crippen molar-refractivity contribution in [3.63, 3.8) is 0 Å². The van der Waals surface area contributed by atoms with Crippen molar-refractivity contribution in [2.24, 2.45) is 10.8 Å². The summed E-state index contributed by atoms with van der Waals surface area (Å²) in [6.45, 7) is 8.03. The summed E-state index contributed by atoms with van der Waals surface area (Å²) in [6, 6.07) is 7.95. The molecular formula is C20H27NO3. The van der Waals surface area contributed by atoms with Crippen molar-refractivity contribution in [3.8, 4) is 0 Å². The predicted molar refractivity (Wildman–Crippen MR) is 93.6 cm³/mol. The van der Waals surface area contributed by atoms with Crippen LogP contribution in [0.1, 0.15) is 58.9 Å². The maximum atomic E-state index is 13.0. The van der Waals surface area contributed by atoms with Crippen molar-refractivity contribution in [1.82, 2.24) is 0 Å². The Balaban J connectivity index is 1.77. The van der Waals surface area contributed by atoms with Crippen molar-refractivity contribution in [1.29, 1.82) is 0 Å². The number of aryl methyl sites for hydroxylation is 1. The van der Waals surface area contributed by atoms with Gasteiger partial charge in [-0.1, -0.05) is 39.3 Å². The SMILES string of the molecule is CCCCc1ccc(NC(=O)C23CCC(C)(C(=O)O2)C3(C)C)cc1. The minimum atomic E-state index is -1.06. The van der Waals surface area contributed by atoms with Crippen LogP contribution in [0.2, 0.25) is 0 Å². The molecule has 1 saturated carbocycles. The Hall–Kier alpha value is -1.84. The molecule has 2 atom stereocenters. The van der Waals surface area contributed by atoms with E-state index in [0.29, 0.717) is 12.8 Å². The van der Waals surface area contributed by atoms with Crippen LogP contribution in [0.25, 0.3) is 0 Å². The number of amides is 1. The number of benzene rings is 1. The minimum absolute atomic E-state index is 0.205. The first-order chi connectivity index (χ1) is 11.3. The fourth-order valence-electron chi connectivity index (χ4n) is 4.11. The minimum Gasteiger partial charge on any atom is -0.448 e. The van der Waals surface area contributed by atoms with E-state index in [1.54, 1.807) is 0 Å². The zero-order chi connectivity index (χ0) is 17.6. The van der Waals surface area contributed by atoms with Gasteiger partial charge in [0, 0.05) is 11.1 Å². The molecule has 3 rings (SSSR count). The van der Waals surface area contributed by atoms with E-state index in [-0.39, 0.29) is 11.9 Å². The average molecular weight is 329 g/mol. The summed E-state index contributed by atoms with van der Waals surface area (Å²) in [5.41, 5.74) is -0.118. The van der Waals surface area contributed by atoms with Gasteiger partial charge in [0.05, 0.1) is 5.41 Å². The number of nitrogens with one attached hydrogen (secondary N) is 1. The Labute approximate surface area is 144 Å². The van der Waals surface area contributed by atoms with Gasteiger partial charge in [0.15, 0.2) is 5.60 Å². The molecular weight excluding hydrogens is 302 g/mol. The van der Waals surface area contributed by atoms with Crippen molar-refractivity contribution >= 4 is 17.6 Å². The lowest BCUT2D eigenvalue weighted by molar-refractivity contribution is -0.165. The summed E-state index contributed by atoms with van der Waals surface area (Å²) in [5.74, 6) is -0.452. The highest BCUT2D eigenvalue weighted by atomic mass is 16.6. The van der Waals surface area contributed by atoms with E-state index < -0.39 is 16.4 Å². The van der Waals surface area contributed by atoms with Gasteiger partial charge >= 0.3 is 5.97 Å². The highest BCUT2D eigenvalue weighted by Gasteiger charge is 2.75. The zero-order valence-electron chi connectivity index (χ0n) is 15.1. The molecule has 1 aliphatic heterocycles. The van der Waals surface area contributed by atoms with Crippen LogP contribution in [0, 0.1) is 10.8 Å². The Kier molecular flexibility index (Phi) is 3.97. The number of hydrogen-bond acceptors (Lipinski definition) is 3. The number of hydrogen-bond donors (Lipinski definition) is 1. The highest BCUT2D eigenvalue weighted by molar-refractivity contribution is 6.03. The third-order valence-corrected chi connectivity index (χ3v) is 6.48. The molecule has 0 aromatic heterocycles. The molecule has 1 N–H and O–H groups in total. The van der Waals surface area contributed by atoms with Gasteiger partial charge in [-0.05, 0) is 50.3 Å². The third-order valence-electron chi connectivity index (χ3n) is 6.48. The lowest BCUT2D eigenvalue weighted by atomic mass is 9.66. The molecule has 1 aromatic rings. The molecule has 2 aliphatic rings. The summed E-state index contributed by atoms with van der Waals surface area (Å²) in [7, 11) is 0. The summed E-state index contributed by atoms with van der Waals surface area (Å²) in [6.07, 6.45) is 4.67. The van der Waals surface area contributed by atoms with Crippen LogP contribution in [-0.4, -0.2) is 17.5 Å². The second kappa shape index (κ2) is 5.61. The molecule has 24 heavy (non-hydrogen) atoms. The van der Waals surface area contributed by atoms with E-state index >= 15 is 0 Å². The van der Waals surface area contributed by atoms with Crippen LogP contribution in [-0.2, 0) is 20.7 Å². The van der Waals surface area contributed by atoms with E-state index in [0.717, 1.165) is 18.5 Å². The number of unbranched alkanes of at least 4 members (excludes halogenated alkanes) is 1. The molecule has 4 heteroatoms. The fourth-order valence-corrected chi connectivity index (χ4v) is 4.11. The van der Waals surface area contributed by atoms with Gasteiger partial charge in [0.25, 0.3) is 5.91 Å². The largest absolute Gasteiger partial charge is 0.448 e. The standard InChI is InChI=1S/C20H27NO3/c1-5-6-7-14-8-10-15(11-9-14)21-16(22)20-13-12-19(4,17(23)24-20)18(20,2)3/h8-11H,5-7,12-13H2,1-4H3,(H,21,22). The molecule has 2 bridgehead atoms. The molecule has 1 aromatic carbocycles. The maximum Gasteiger partial charge on any atom is 0.313 e. The summed E-state index contributed by atoms with van der Waals surface area (Å²) < 4.78 is 5.63. The molecule has 130 valence electrons. The second-order valence-corrected chi connectivity index (χ2v) is 7.93. The summed E-state index contributed by atoms with van der Waals surface area (Å²) in [4.78, 5) is 25.2. The molecule has 4 nitrogen and oxygen atoms in total. The van der Waals surface area contributed by atoms with E-state index in [1.165, 1.54) is 12.0 Å². The maximum absolute atomic E-state index is 13.0. The van der Waals surface area contributed by atoms with Crippen molar-refractivity contribution in [2.75, 3.05) is 5.32 Å². The van der Waals surface area contributed by atoms with Crippen LogP contribution >= 0.6 is 0 Å². The van der Waals surface area contributed by atoms with E-state index in [2.05, 4.69) is 12.2 Å². The number of fused-ring (bicyclic) bond motifs is 2. The fraction of sp³-hybridized carbons (Fsp3) is 0.600. The molecule has 1 heterocycles. The first kappa shape index (κ1) is 17.0. The van der Waals surface area contributed by atoms with Crippen LogP contribution in [0.5, 0.6) is 0 Å². The van der Waals surface area contributed by atoms with E-state index in [4.69, 9.17) is 4.74 Å². The quantitative estimate of drug-likeness (QED) is 0.828. The summed E-state index contributed by atoms with van der Waals surface area (Å²) >= 11 is 0. The number of esters is 1. The summed E-state index contributed by atoms with van der Waals surface area (Å²) in [5, 5.41) is 2.96. The van der Waals surface area contributed by atoms with Gasteiger partial charge in [-0.15, -0.1) is 0 Å². The van der Waals surface area contributed by atoms with Crippen LogP contribution in [0.3, 0.4) is 0 Å². The normalized spacial score (nSPS) is 30.2. The van der Waals surface area contributed by atoms with E-state index in [1.807, 2.05) is 45.0 Å². The molecule has 1 aliphatic carbocycles. The van der Waals surface area contributed by atoms with Crippen molar-refractivity contribution in [2.45, 2.75) is 65.4 Å². The smallest absolute Gasteiger partial charge is 0.313 e. The van der Waals surface area contributed by atoms with Gasteiger partial charge in [0.1, 0.15) is 0 Å².